The zero-order valence-electron chi connectivity index (χ0n) is 18.2. The molecule has 178 valence electrons. The Kier molecular flexibility index (Phi) is 9.37. The molecule has 0 heterocycles. The van der Waals surface area contributed by atoms with Crippen molar-refractivity contribution in [3.8, 4) is 5.75 Å². The zero-order valence-corrected chi connectivity index (χ0v) is 19.1. The van der Waals surface area contributed by atoms with Crippen LogP contribution in [-0.4, -0.2) is 44.5 Å². The van der Waals surface area contributed by atoms with Gasteiger partial charge in [0.15, 0.2) is 0 Å². The Balaban J connectivity index is 1.88. The van der Waals surface area contributed by atoms with Crippen molar-refractivity contribution in [2.75, 3.05) is 12.3 Å². The molecule has 2 rings (SSSR count). The molecular weight excluding hydrogens is 448 g/mol. The average Bonchev–Trinajstić information content (AvgIpc) is 2.79. The van der Waals surface area contributed by atoms with E-state index in [9.17, 15) is 18.0 Å². The average molecular weight is 477 g/mol. The molecule has 2 aromatic carbocycles. The zero-order chi connectivity index (χ0) is 24.4. The van der Waals surface area contributed by atoms with Gasteiger partial charge >= 0.3 is 16.1 Å². The fourth-order valence-electron chi connectivity index (χ4n) is 2.64. The third-order valence-corrected chi connectivity index (χ3v) is 5.71. The van der Waals surface area contributed by atoms with E-state index in [1.807, 2.05) is 6.92 Å². The summed E-state index contributed by atoms with van der Waals surface area (Å²) in [4.78, 5) is 24.3. The summed E-state index contributed by atoms with van der Waals surface area (Å²) in [7, 11) is -3.99. The molecule has 6 N–H and O–H groups in total. The molecule has 1 unspecified atom stereocenters. The van der Waals surface area contributed by atoms with Crippen LogP contribution >= 0.6 is 0 Å². The van der Waals surface area contributed by atoms with Crippen molar-refractivity contribution in [2.45, 2.75) is 32.4 Å². The quantitative estimate of drug-likeness (QED) is 0.201. The van der Waals surface area contributed by atoms with Crippen molar-refractivity contribution in [3.05, 3.63) is 65.2 Å². The van der Waals surface area contributed by atoms with E-state index < -0.39 is 28.0 Å². The number of nitrogen functional groups attached to an aromatic ring is 1. The number of nitrogens with two attached hydrogens (primary N) is 2. The van der Waals surface area contributed by atoms with Crippen LogP contribution in [0.2, 0.25) is 0 Å². The topological polar surface area (TPSA) is 175 Å². The fraction of sp³-hybridized carbons (Fsp3) is 0.318. The van der Waals surface area contributed by atoms with Gasteiger partial charge in [-0.25, -0.2) is 4.79 Å². The summed E-state index contributed by atoms with van der Waals surface area (Å²) >= 11 is 0. The van der Waals surface area contributed by atoms with Gasteiger partial charge in [-0.2, -0.15) is 8.42 Å². The lowest BCUT2D eigenvalue weighted by atomic mass is 10.1. The van der Waals surface area contributed by atoms with E-state index >= 15 is 0 Å². The second-order valence-electron chi connectivity index (χ2n) is 7.26. The second kappa shape index (κ2) is 12.0. The van der Waals surface area contributed by atoms with E-state index in [1.54, 1.807) is 48.5 Å². The van der Waals surface area contributed by atoms with E-state index in [4.69, 9.17) is 21.6 Å². The van der Waals surface area contributed by atoms with Crippen molar-refractivity contribution in [1.82, 2.24) is 5.32 Å². The summed E-state index contributed by atoms with van der Waals surface area (Å²) < 4.78 is 33.6. The maximum atomic E-state index is 12.4. The molecular formula is C22H28N4O6S. The highest BCUT2D eigenvalue weighted by molar-refractivity contribution is 7.87. The van der Waals surface area contributed by atoms with Crippen LogP contribution in [0.4, 0.5) is 0 Å². The van der Waals surface area contributed by atoms with E-state index in [0.717, 1.165) is 5.56 Å². The number of hydrogen-bond donors (Lipinski definition) is 4. The Morgan fingerprint density at radius 2 is 1.82 bits per heavy atom. The number of carbonyl (C=O) groups is 2. The van der Waals surface area contributed by atoms with Crippen LogP contribution in [0.15, 0.2) is 48.5 Å². The lowest BCUT2D eigenvalue weighted by Crippen LogP contribution is -2.44. The van der Waals surface area contributed by atoms with Gasteiger partial charge in [-0.15, -0.1) is 0 Å². The van der Waals surface area contributed by atoms with E-state index in [1.165, 1.54) is 0 Å². The molecule has 10 nitrogen and oxygen atoms in total. The molecule has 0 saturated heterocycles. The standard InChI is InChI=1S/C22H28N4O6S/c1-2-3-11-33(29,30)32-22(28)19(23)13-26-21(27)17-6-4-5-15(12-17)14-31-18-9-7-16(8-10-18)20(24)25/h4-10,12,19H,2-3,11,13-14,23H2,1H3,(H3,24,25)(H,26,27). The number of unbranched alkanes of at least 4 members (excludes halogenated alkanes) is 1. The lowest BCUT2D eigenvalue weighted by Gasteiger charge is -2.13. The molecule has 0 aliphatic rings. The number of rotatable bonds is 12. The van der Waals surface area contributed by atoms with Gasteiger partial charge < -0.3 is 25.7 Å². The normalized spacial score (nSPS) is 11.9. The molecule has 0 radical (unpaired) electrons. The Hall–Kier alpha value is -3.44. The largest absolute Gasteiger partial charge is 0.489 e. The molecule has 0 saturated carbocycles. The molecule has 0 aromatic heterocycles. The summed E-state index contributed by atoms with van der Waals surface area (Å²) in [6.45, 7) is 1.72. The number of nitrogens with one attached hydrogen (secondary N) is 2. The minimum absolute atomic E-state index is 0.0358. The van der Waals surface area contributed by atoms with Gasteiger partial charge in [0.1, 0.15) is 24.2 Å². The minimum Gasteiger partial charge on any atom is -0.489 e. The van der Waals surface area contributed by atoms with Crippen molar-refractivity contribution < 1.29 is 26.9 Å². The van der Waals surface area contributed by atoms with Crippen LogP contribution in [0.3, 0.4) is 0 Å². The summed E-state index contributed by atoms with van der Waals surface area (Å²) in [6.07, 6.45) is 1.00. The third kappa shape index (κ3) is 8.54. The summed E-state index contributed by atoms with van der Waals surface area (Å²) in [5, 5.41) is 9.89. The Bertz CT molecular complexity index is 1090. The van der Waals surface area contributed by atoms with Gasteiger partial charge in [-0.05, 0) is 48.4 Å². The molecule has 1 amide bonds. The van der Waals surface area contributed by atoms with Gasteiger partial charge in [0.25, 0.3) is 5.91 Å². The maximum absolute atomic E-state index is 12.4. The summed E-state index contributed by atoms with van der Waals surface area (Å²) in [5.74, 6) is -1.34. The van der Waals surface area contributed by atoms with Crippen molar-refractivity contribution in [3.63, 3.8) is 0 Å². The van der Waals surface area contributed by atoms with Crippen LogP contribution in [0.1, 0.15) is 41.3 Å². The van der Waals surface area contributed by atoms with E-state index in [2.05, 4.69) is 9.50 Å². The van der Waals surface area contributed by atoms with Gasteiger partial charge in [0, 0.05) is 17.7 Å². The van der Waals surface area contributed by atoms with Crippen molar-refractivity contribution >= 4 is 27.8 Å². The second-order valence-corrected chi connectivity index (χ2v) is 8.95. The van der Waals surface area contributed by atoms with Crippen LogP contribution in [0.5, 0.6) is 5.75 Å². The monoisotopic (exact) mass is 476 g/mol. The van der Waals surface area contributed by atoms with Crippen LogP contribution in [0.25, 0.3) is 0 Å². The van der Waals surface area contributed by atoms with Gasteiger partial charge in [0.05, 0.1) is 5.75 Å². The molecule has 0 spiro atoms. The summed E-state index contributed by atoms with van der Waals surface area (Å²) in [5.41, 5.74) is 12.7. The summed E-state index contributed by atoms with van der Waals surface area (Å²) in [6, 6.07) is 12.1. The molecule has 1 atom stereocenters. The van der Waals surface area contributed by atoms with Crippen molar-refractivity contribution in [2.24, 2.45) is 11.5 Å². The van der Waals surface area contributed by atoms with E-state index in [-0.39, 0.29) is 24.7 Å². The SMILES string of the molecule is CCCCS(=O)(=O)OC(=O)C(N)CNC(=O)c1cccc(COc2ccc(C(=N)N)cc2)c1. The maximum Gasteiger partial charge on any atom is 0.340 e. The Labute approximate surface area is 192 Å². The van der Waals surface area contributed by atoms with Crippen LogP contribution in [0, 0.1) is 5.41 Å². The highest BCUT2D eigenvalue weighted by atomic mass is 32.2. The molecule has 2 aromatic rings. The first-order valence-corrected chi connectivity index (χ1v) is 11.8. The molecule has 0 fully saturated rings. The number of benzene rings is 2. The Morgan fingerprint density at radius 3 is 2.45 bits per heavy atom. The van der Waals surface area contributed by atoms with Crippen LogP contribution in [-0.2, 0) is 25.7 Å². The molecule has 0 aliphatic carbocycles. The fourth-order valence-corrected chi connectivity index (χ4v) is 3.74. The number of carbonyl (C=O) groups excluding carboxylic acids is 2. The lowest BCUT2D eigenvalue weighted by molar-refractivity contribution is -0.135. The number of amides is 1. The smallest absolute Gasteiger partial charge is 0.340 e. The molecule has 0 aliphatic heterocycles. The van der Waals surface area contributed by atoms with Gasteiger partial charge in [0.2, 0.25) is 0 Å². The highest BCUT2D eigenvalue weighted by Crippen LogP contribution is 2.15. The van der Waals surface area contributed by atoms with Gasteiger partial charge in [-0.3, -0.25) is 10.2 Å². The molecule has 11 heteroatoms. The van der Waals surface area contributed by atoms with Gasteiger partial charge in [-0.1, -0.05) is 25.5 Å². The third-order valence-electron chi connectivity index (χ3n) is 4.50. The molecule has 33 heavy (non-hydrogen) atoms. The first-order chi connectivity index (χ1) is 15.6. The minimum atomic E-state index is -3.99. The number of ether oxygens (including phenoxy) is 1. The number of hydrogen-bond acceptors (Lipinski definition) is 8. The highest BCUT2D eigenvalue weighted by Gasteiger charge is 2.23. The van der Waals surface area contributed by atoms with Crippen LogP contribution < -0.4 is 21.5 Å². The van der Waals surface area contributed by atoms with Crippen molar-refractivity contribution in [1.29, 1.82) is 5.41 Å². The predicted molar refractivity (Wildman–Crippen MR) is 123 cm³/mol. The molecule has 0 bridgehead atoms. The first kappa shape index (κ1) is 25.8. The Morgan fingerprint density at radius 1 is 1.12 bits per heavy atom. The first-order valence-electron chi connectivity index (χ1n) is 10.3. The number of amidine groups is 1. The predicted octanol–water partition coefficient (Wildman–Crippen LogP) is 1.28. The van der Waals surface area contributed by atoms with E-state index in [0.29, 0.717) is 29.7 Å².